The van der Waals surface area contributed by atoms with Gasteiger partial charge in [0.1, 0.15) is 11.6 Å². The first-order chi connectivity index (χ1) is 15.0. The van der Waals surface area contributed by atoms with Crippen LogP contribution in [-0.2, 0) is 27.4 Å². The van der Waals surface area contributed by atoms with E-state index >= 15 is 0 Å². The minimum atomic E-state index is -0.597. The zero-order valence-corrected chi connectivity index (χ0v) is 20.0. The monoisotopic (exact) mass is 467 g/mol. The maximum atomic E-state index is 12.8. The second kappa shape index (κ2) is 11.5. The highest BCUT2D eigenvalue weighted by Crippen LogP contribution is 2.21. The number of carbonyl (C=O) groups is 3. The minimum Gasteiger partial charge on any atom is -0.444 e. The van der Waals surface area contributed by atoms with Crippen molar-refractivity contribution in [3.05, 3.63) is 34.3 Å². The van der Waals surface area contributed by atoms with Crippen LogP contribution in [0.25, 0.3) is 0 Å². The lowest BCUT2D eigenvalue weighted by Crippen LogP contribution is -2.46. The predicted octanol–water partition coefficient (Wildman–Crippen LogP) is 2.99. The zero-order valence-electron chi connectivity index (χ0n) is 19.2. The fourth-order valence-corrected chi connectivity index (χ4v) is 3.73. The summed E-state index contributed by atoms with van der Waals surface area (Å²) >= 11 is 6.14. The first-order valence-corrected chi connectivity index (χ1v) is 11.3. The maximum Gasteiger partial charge on any atom is 0.407 e. The van der Waals surface area contributed by atoms with Crippen LogP contribution in [0.2, 0.25) is 5.02 Å². The van der Waals surface area contributed by atoms with Crippen LogP contribution in [0.1, 0.15) is 58.1 Å². The van der Waals surface area contributed by atoms with Gasteiger partial charge in [0.2, 0.25) is 11.8 Å². The minimum absolute atomic E-state index is 0.0642. The van der Waals surface area contributed by atoms with Crippen molar-refractivity contribution in [3.8, 4) is 0 Å². The van der Waals surface area contributed by atoms with E-state index in [0.717, 1.165) is 17.5 Å². The molecule has 1 aliphatic heterocycles. The molecule has 8 nitrogen and oxygen atoms in total. The molecule has 3 amide bonds. The topological polar surface area (TPSA) is 108 Å². The van der Waals surface area contributed by atoms with Crippen molar-refractivity contribution < 1.29 is 24.2 Å². The number of rotatable bonds is 8. The normalized spacial score (nSPS) is 17.1. The van der Waals surface area contributed by atoms with E-state index in [2.05, 4.69) is 10.6 Å². The molecule has 1 heterocycles. The molecule has 1 aromatic carbocycles. The summed E-state index contributed by atoms with van der Waals surface area (Å²) in [7, 11) is 0. The van der Waals surface area contributed by atoms with Crippen molar-refractivity contribution in [3.63, 3.8) is 0 Å². The van der Waals surface area contributed by atoms with Gasteiger partial charge in [0, 0.05) is 37.7 Å². The Morgan fingerprint density at radius 3 is 2.56 bits per heavy atom. The number of benzene rings is 1. The summed E-state index contributed by atoms with van der Waals surface area (Å²) in [5.74, 6) is -0.481. The van der Waals surface area contributed by atoms with E-state index in [0.29, 0.717) is 18.0 Å². The molecule has 1 saturated heterocycles. The Bertz CT molecular complexity index is 824. The number of hydrogen-bond donors (Lipinski definition) is 3. The number of ether oxygens (including phenoxy) is 1. The lowest BCUT2D eigenvalue weighted by atomic mass is 10.1. The van der Waals surface area contributed by atoms with Crippen LogP contribution in [0.4, 0.5) is 4.79 Å². The van der Waals surface area contributed by atoms with Crippen molar-refractivity contribution in [2.45, 2.75) is 71.7 Å². The van der Waals surface area contributed by atoms with Crippen LogP contribution in [0, 0.1) is 5.92 Å². The number of likely N-dealkylation sites (tertiary alicyclic amines) is 1. The van der Waals surface area contributed by atoms with Gasteiger partial charge in [0.25, 0.3) is 0 Å². The molecule has 1 unspecified atom stereocenters. The van der Waals surface area contributed by atoms with Gasteiger partial charge in [-0.25, -0.2) is 4.79 Å². The number of nitrogens with zero attached hydrogens (tertiary/aromatic N) is 1. The van der Waals surface area contributed by atoms with E-state index < -0.39 is 17.7 Å². The Morgan fingerprint density at radius 1 is 1.22 bits per heavy atom. The summed E-state index contributed by atoms with van der Waals surface area (Å²) in [5.41, 5.74) is 0.976. The molecule has 0 aliphatic carbocycles. The Kier molecular flexibility index (Phi) is 9.33. The molecule has 1 aliphatic rings. The van der Waals surface area contributed by atoms with Gasteiger partial charge in [-0.15, -0.1) is 0 Å². The highest BCUT2D eigenvalue weighted by Gasteiger charge is 2.34. The third-order valence-electron chi connectivity index (χ3n) is 5.15. The summed E-state index contributed by atoms with van der Waals surface area (Å²) in [4.78, 5) is 38.9. The van der Waals surface area contributed by atoms with Gasteiger partial charge in [0.05, 0.1) is 0 Å². The number of nitrogens with one attached hydrogen (secondary N) is 2. The largest absolute Gasteiger partial charge is 0.444 e. The van der Waals surface area contributed by atoms with Crippen molar-refractivity contribution in [2.24, 2.45) is 5.92 Å². The fourth-order valence-electron chi connectivity index (χ4n) is 3.53. The average Bonchev–Trinajstić information content (AvgIpc) is 3.20. The molecule has 0 radical (unpaired) electrons. The molecule has 2 rings (SSSR count). The first-order valence-electron chi connectivity index (χ1n) is 10.9. The van der Waals surface area contributed by atoms with Gasteiger partial charge in [-0.1, -0.05) is 24.6 Å². The number of hydrogen-bond acceptors (Lipinski definition) is 5. The lowest BCUT2D eigenvalue weighted by Gasteiger charge is -2.25. The average molecular weight is 468 g/mol. The van der Waals surface area contributed by atoms with Crippen molar-refractivity contribution in [1.82, 2.24) is 15.5 Å². The number of carbonyl (C=O) groups excluding carboxylic acids is 3. The first kappa shape index (κ1) is 25.9. The number of amides is 3. The van der Waals surface area contributed by atoms with Gasteiger partial charge >= 0.3 is 6.09 Å². The van der Waals surface area contributed by atoms with Crippen molar-refractivity contribution in [2.75, 3.05) is 13.2 Å². The maximum absolute atomic E-state index is 12.8. The van der Waals surface area contributed by atoms with Crippen LogP contribution in [0.15, 0.2) is 18.2 Å². The van der Waals surface area contributed by atoms with Crippen LogP contribution in [0.5, 0.6) is 0 Å². The number of aliphatic hydroxyl groups is 1. The van der Waals surface area contributed by atoms with Gasteiger partial charge in [0.15, 0.2) is 0 Å². The standard InChI is InChI=1S/C23H34ClN3O5/c1-15(14-28)10-20(29)27-9-5-6-19(27)21(30)25-13-17-11-18(24)8-7-16(17)12-26-22(31)32-23(2,3)4/h7-8,11,15,19,28H,5-6,9-10,12-14H2,1-4H3,(H,25,30)(H,26,31)/t15?,19-/m0/s1. The molecular weight excluding hydrogens is 434 g/mol. The van der Waals surface area contributed by atoms with Gasteiger partial charge in [-0.3, -0.25) is 9.59 Å². The SMILES string of the molecule is CC(CO)CC(=O)N1CCC[C@H]1C(=O)NCc1cc(Cl)ccc1CNC(=O)OC(C)(C)C. The molecular formula is C23H34ClN3O5. The second-order valence-corrected chi connectivity index (χ2v) is 9.66. The Balaban J connectivity index is 1.99. The molecule has 0 bridgehead atoms. The van der Waals surface area contributed by atoms with Crippen LogP contribution in [-0.4, -0.2) is 52.7 Å². The predicted molar refractivity (Wildman–Crippen MR) is 122 cm³/mol. The van der Waals surface area contributed by atoms with Crippen LogP contribution < -0.4 is 10.6 Å². The molecule has 3 N–H and O–H groups in total. The van der Waals surface area contributed by atoms with E-state index in [1.807, 2.05) is 0 Å². The molecule has 0 spiro atoms. The van der Waals surface area contributed by atoms with Crippen LogP contribution in [0.3, 0.4) is 0 Å². The Hall–Kier alpha value is -2.32. The van der Waals surface area contributed by atoms with Crippen LogP contribution >= 0.6 is 11.6 Å². The Morgan fingerprint density at radius 2 is 1.91 bits per heavy atom. The molecule has 32 heavy (non-hydrogen) atoms. The van der Waals surface area contributed by atoms with E-state index in [-0.39, 0.29) is 43.8 Å². The third kappa shape index (κ3) is 7.98. The van der Waals surface area contributed by atoms with Gasteiger partial charge < -0.3 is 25.4 Å². The molecule has 1 aromatic rings. The summed E-state index contributed by atoms with van der Waals surface area (Å²) in [5, 5.41) is 15.3. The van der Waals surface area contributed by atoms with Gasteiger partial charge in [-0.2, -0.15) is 0 Å². The van der Waals surface area contributed by atoms with E-state index in [1.54, 1.807) is 50.8 Å². The van der Waals surface area contributed by atoms with Gasteiger partial charge in [-0.05, 0) is 62.8 Å². The molecule has 9 heteroatoms. The smallest absolute Gasteiger partial charge is 0.407 e. The summed E-state index contributed by atoms with van der Waals surface area (Å²) in [6.45, 7) is 8.09. The molecule has 1 fully saturated rings. The Labute approximate surface area is 194 Å². The molecule has 178 valence electrons. The number of alkyl carbamates (subject to hydrolysis) is 1. The van der Waals surface area contributed by atoms with Crippen molar-refractivity contribution in [1.29, 1.82) is 0 Å². The molecule has 2 atom stereocenters. The lowest BCUT2D eigenvalue weighted by molar-refractivity contribution is -0.139. The molecule has 0 aromatic heterocycles. The highest BCUT2D eigenvalue weighted by molar-refractivity contribution is 6.30. The second-order valence-electron chi connectivity index (χ2n) is 9.22. The van der Waals surface area contributed by atoms with E-state index in [4.69, 9.17) is 16.3 Å². The summed E-state index contributed by atoms with van der Waals surface area (Å²) < 4.78 is 5.26. The van der Waals surface area contributed by atoms with Crippen molar-refractivity contribution >= 4 is 29.5 Å². The zero-order chi connectivity index (χ0) is 23.9. The quantitative estimate of drug-likeness (QED) is 0.544. The highest BCUT2D eigenvalue weighted by atomic mass is 35.5. The van der Waals surface area contributed by atoms with E-state index in [1.165, 1.54) is 0 Å². The third-order valence-corrected chi connectivity index (χ3v) is 5.39. The fraction of sp³-hybridized carbons (Fsp3) is 0.609. The summed E-state index contributed by atoms with van der Waals surface area (Å²) in [6.07, 6.45) is 1.06. The molecule has 0 saturated carbocycles. The summed E-state index contributed by atoms with van der Waals surface area (Å²) in [6, 6.07) is 4.74. The number of halogens is 1. The number of aliphatic hydroxyl groups excluding tert-OH is 1. The van der Waals surface area contributed by atoms with E-state index in [9.17, 15) is 19.5 Å².